The molecule has 0 radical (unpaired) electrons. The highest BCUT2D eigenvalue weighted by atomic mass is 16.6. The number of phenolic OH excluding ortho intramolecular Hbond substituents is 2. The number of ether oxygens (including phenoxy) is 5. The van der Waals surface area contributed by atoms with Crippen molar-refractivity contribution in [3.8, 4) is 34.5 Å². The fourth-order valence-electron chi connectivity index (χ4n) is 2.28. The van der Waals surface area contributed by atoms with Crippen molar-refractivity contribution in [1.29, 1.82) is 0 Å². The van der Waals surface area contributed by atoms with E-state index in [9.17, 15) is 10.2 Å². The molecule has 3 rings (SSSR count). The molecule has 2 aromatic carbocycles. The van der Waals surface area contributed by atoms with Gasteiger partial charge in [-0.15, -0.1) is 0 Å². The summed E-state index contributed by atoms with van der Waals surface area (Å²) in [7, 11) is 0. The van der Waals surface area contributed by atoms with Gasteiger partial charge in [0.05, 0.1) is 13.2 Å². The van der Waals surface area contributed by atoms with Crippen LogP contribution in [-0.2, 0) is 4.74 Å². The van der Waals surface area contributed by atoms with Crippen molar-refractivity contribution in [1.82, 2.24) is 0 Å². The first kappa shape index (κ1) is 17.0. The molecule has 0 unspecified atom stereocenters. The molecular formula is C18H20O7. The maximum atomic E-state index is 9.62. The van der Waals surface area contributed by atoms with Gasteiger partial charge in [-0.2, -0.15) is 0 Å². The molecule has 0 saturated carbocycles. The lowest BCUT2D eigenvalue weighted by Gasteiger charge is -2.14. The fraction of sp³-hybridized carbons (Fsp3) is 0.333. The highest BCUT2D eigenvalue weighted by Gasteiger charge is 2.10. The first-order valence-corrected chi connectivity index (χ1v) is 7.97. The number of hydrogen-bond acceptors (Lipinski definition) is 7. The van der Waals surface area contributed by atoms with Crippen LogP contribution < -0.4 is 18.9 Å². The van der Waals surface area contributed by atoms with Crippen LogP contribution in [0.5, 0.6) is 34.5 Å². The van der Waals surface area contributed by atoms with E-state index in [0.29, 0.717) is 49.4 Å². The topological polar surface area (TPSA) is 86.6 Å². The summed E-state index contributed by atoms with van der Waals surface area (Å²) in [6.45, 7) is 1.92. The normalized spacial score (nSPS) is 15.7. The van der Waals surface area contributed by atoms with Crippen LogP contribution in [0.4, 0.5) is 0 Å². The van der Waals surface area contributed by atoms with Gasteiger partial charge in [0.1, 0.15) is 37.9 Å². The zero-order valence-electron chi connectivity index (χ0n) is 13.6. The van der Waals surface area contributed by atoms with Crippen molar-refractivity contribution in [3.63, 3.8) is 0 Å². The average Bonchev–Trinajstić information content (AvgIpc) is 2.60. The van der Waals surface area contributed by atoms with Gasteiger partial charge in [0, 0.05) is 12.1 Å². The molecule has 0 aliphatic carbocycles. The average molecular weight is 348 g/mol. The fourth-order valence-corrected chi connectivity index (χ4v) is 2.28. The van der Waals surface area contributed by atoms with Gasteiger partial charge >= 0.3 is 0 Å². The zero-order valence-corrected chi connectivity index (χ0v) is 13.6. The first-order chi connectivity index (χ1) is 12.2. The highest BCUT2D eigenvalue weighted by molar-refractivity contribution is 5.46. The molecule has 7 nitrogen and oxygen atoms in total. The molecule has 0 atom stereocenters. The van der Waals surface area contributed by atoms with Crippen LogP contribution in [-0.4, -0.2) is 49.9 Å². The van der Waals surface area contributed by atoms with Crippen LogP contribution in [0.1, 0.15) is 0 Å². The molecule has 0 fully saturated rings. The third kappa shape index (κ3) is 4.84. The largest absolute Gasteiger partial charge is 0.508 e. The number of phenols is 2. The SMILES string of the molecule is Oc1ccc2c(c1)OCCOCCOc1ccc(O)cc1OCCO2. The number of aromatic hydroxyl groups is 2. The van der Waals surface area contributed by atoms with Crippen molar-refractivity contribution in [2.45, 2.75) is 0 Å². The minimum absolute atomic E-state index is 0.0895. The summed E-state index contributed by atoms with van der Waals surface area (Å²) in [5.41, 5.74) is 0. The van der Waals surface area contributed by atoms with Crippen LogP contribution in [0.15, 0.2) is 36.4 Å². The summed E-state index contributed by atoms with van der Waals surface area (Å²) in [5.74, 6) is 2.08. The lowest BCUT2D eigenvalue weighted by Crippen LogP contribution is -2.12. The Hall–Kier alpha value is -2.80. The van der Waals surface area contributed by atoms with Crippen LogP contribution in [0.25, 0.3) is 0 Å². The Morgan fingerprint density at radius 1 is 0.520 bits per heavy atom. The Balaban J connectivity index is 1.73. The second-order valence-corrected chi connectivity index (χ2v) is 5.27. The van der Waals surface area contributed by atoms with Crippen LogP contribution in [0.2, 0.25) is 0 Å². The summed E-state index contributed by atoms with van der Waals surface area (Å²) in [6.07, 6.45) is 0. The Labute approximate surface area is 145 Å². The van der Waals surface area contributed by atoms with Gasteiger partial charge in [-0.25, -0.2) is 0 Å². The summed E-state index contributed by atoms with van der Waals surface area (Å²) in [6, 6.07) is 9.31. The standard InChI is InChI=1S/C18H20O7/c19-13-2-4-16-17(11-13)24-8-6-21-5-7-22-15-3-1-14(20)12-18(15)25-10-9-23-16/h1-4,11-12,19-20H,5-10H2. The summed E-state index contributed by atoms with van der Waals surface area (Å²) in [5, 5.41) is 19.2. The highest BCUT2D eigenvalue weighted by Crippen LogP contribution is 2.32. The maximum Gasteiger partial charge on any atom is 0.165 e. The zero-order chi connectivity index (χ0) is 17.5. The van der Waals surface area contributed by atoms with Crippen LogP contribution in [0.3, 0.4) is 0 Å². The number of rotatable bonds is 0. The Morgan fingerprint density at radius 2 is 0.920 bits per heavy atom. The van der Waals surface area contributed by atoms with Gasteiger partial charge in [-0.05, 0) is 24.3 Å². The molecule has 0 bridgehead atoms. The van der Waals surface area contributed by atoms with Crippen LogP contribution >= 0.6 is 0 Å². The minimum Gasteiger partial charge on any atom is -0.508 e. The second-order valence-electron chi connectivity index (χ2n) is 5.27. The molecule has 2 aromatic rings. The van der Waals surface area contributed by atoms with Crippen molar-refractivity contribution < 1.29 is 33.9 Å². The molecule has 1 aliphatic rings. The van der Waals surface area contributed by atoms with E-state index in [4.69, 9.17) is 23.7 Å². The van der Waals surface area contributed by atoms with Gasteiger partial charge in [0.25, 0.3) is 0 Å². The second kappa shape index (κ2) is 8.34. The molecular weight excluding hydrogens is 328 g/mol. The number of fused-ring (bicyclic) bond motifs is 2. The van der Waals surface area contributed by atoms with E-state index in [-0.39, 0.29) is 24.7 Å². The van der Waals surface area contributed by atoms with Gasteiger partial charge in [0.15, 0.2) is 23.0 Å². The minimum atomic E-state index is 0.0895. The summed E-state index contributed by atoms with van der Waals surface area (Å²) >= 11 is 0. The molecule has 0 aromatic heterocycles. The predicted molar refractivity (Wildman–Crippen MR) is 89.0 cm³/mol. The quantitative estimate of drug-likeness (QED) is 0.756. The van der Waals surface area contributed by atoms with E-state index in [2.05, 4.69) is 0 Å². The summed E-state index contributed by atoms with van der Waals surface area (Å²) in [4.78, 5) is 0. The summed E-state index contributed by atoms with van der Waals surface area (Å²) < 4.78 is 28.0. The Morgan fingerprint density at radius 3 is 1.40 bits per heavy atom. The molecule has 25 heavy (non-hydrogen) atoms. The lowest BCUT2D eigenvalue weighted by molar-refractivity contribution is 0.0753. The van der Waals surface area contributed by atoms with Crippen molar-refractivity contribution in [3.05, 3.63) is 36.4 Å². The third-order valence-corrected chi connectivity index (χ3v) is 3.42. The molecule has 0 amide bonds. The van der Waals surface area contributed by atoms with Crippen molar-refractivity contribution >= 4 is 0 Å². The van der Waals surface area contributed by atoms with E-state index in [1.54, 1.807) is 12.1 Å². The van der Waals surface area contributed by atoms with E-state index >= 15 is 0 Å². The molecule has 1 aliphatic heterocycles. The molecule has 1 heterocycles. The smallest absolute Gasteiger partial charge is 0.165 e. The molecule has 2 N–H and O–H groups in total. The van der Waals surface area contributed by atoms with Gasteiger partial charge in [0.2, 0.25) is 0 Å². The van der Waals surface area contributed by atoms with E-state index in [1.807, 2.05) is 0 Å². The Kier molecular flexibility index (Phi) is 5.69. The molecule has 134 valence electrons. The monoisotopic (exact) mass is 348 g/mol. The van der Waals surface area contributed by atoms with Crippen molar-refractivity contribution in [2.75, 3.05) is 39.6 Å². The van der Waals surface area contributed by atoms with Gasteiger partial charge < -0.3 is 33.9 Å². The van der Waals surface area contributed by atoms with Gasteiger partial charge in [-0.3, -0.25) is 0 Å². The third-order valence-electron chi connectivity index (χ3n) is 3.42. The molecule has 0 saturated heterocycles. The van der Waals surface area contributed by atoms with E-state index in [1.165, 1.54) is 24.3 Å². The van der Waals surface area contributed by atoms with Gasteiger partial charge in [-0.1, -0.05) is 0 Å². The first-order valence-electron chi connectivity index (χ1n) is 7.97. The number of hydrogen-bond donors (Lipinski definition) is 2. The van der Waals surface area contributed by atoms with E-state index in [0.717, 1.165) is 0 Å². The lowest BCUT2D eigenvalue weighted by atomic mass is 10.3. The molecule has 7 heteroatoms. The number of benzene rings is 2. The van der Waals surface area contributed by atoms with E-state index < -0.39 is 0 Å². The predicted octanol–water partition coefficient (Wildman–Crippen LogP) is 2.34. The van der Waals surface area contributed by atoms with Crippen molar-refractivity contribution in [2.24, 2.45) is 0 Å². The molecule has 0 spiro atoms. The van der Waals surface area contributed by atoms with Crippen LogP contribution in [0, 0.1) is 0 Å². The Bertz CT molecular complexity index is 702. The maximum absolute atomic E-state index is 9.62.